The smallest absolute Gasteiger partial charge is 0.153 e. The zero-order valence-corrected chi connectivity index (χ0v) is 12.4. The third kappa shape index (κ3) is 2.84. The average Bonchev–Trinajstić information content (AvgIpc) is 3.00. The van der Waals surface area contributed by atoms with Crippen LogP contribution in [0.4, 0.5) is 0 Å². The molecule has 22 heavy (non-hydrogen) atoms. The molecule has 5 heteroatoms. The lowest BCUT2D eigenvalue weighted by Crippen LogP contribution is -2.05. The van der Waals surface area contributed by atoms with E-state index >= 15 is 0 Å². The maximum Gasteiger partial charge on any atom is 0.153 e. The van der Waals surface area contributed by atoms with E-state index in [0.717, 1.165) is 34.9 Å². The van der Waals surface area contributed by atoms with Crippen molar-refractivity contribution in [2.75, 3.05) is 13.7 Å². The molecule has 0 spiro atoms. The van der Waals surface area contributed by atoms with Crippen LogP contribution in [0.25, 0.3) is 17.1 Å². The quantitative estimate of drug-likeness (QED) is 0.785. The van der Waals surface area contributed by atoms with E-state index in [1.54, 1.807) is 13.3 Å². The summed E-state index contributed by atoms with van der Waals surface area (Å²) in [6.45, 7) is 0.566. The van der Waals surface area contributed by atoms with Crippen molar-refractivity contribution in [1.82, 2.24) is 14.8 Å². The zero-order valence-electron chi connectivity index (χ0n) is 12.4. The van der Waals surface area contributed by atoms with Crippen molar-refractivity contribution in [1.29, 1.82) is 0 Å². The van der Waals surface area contributed by atoms with E-state index < -0.39 is 0 Å². The Morgan fingerprint density at radius 2 is 2.05 bits per heavy atom. The molecule has 2 N–H and O–H groups in total. The lowest BCUT2D eigenvalue weighted by molar-refractivity contribution is 0.415. The first-order valence-electron chi connectivity index (χ1n) is 7.16. The first-order chi connectivity index (χ1) is 10.8. The van der Waals surface area contributed by atoms with Gasteiger partial charge in [-0.25, -0.2) is 9.67 Å². The van der Waals surface area contributed by atoms with E-state index in [1.807, 2.05) is 47.1 Å². The largest absolute Gasteiger partial charge is 0.497 e. The second-order valence-corrected chi connectivity index (χ2v) is 4.89. The molecule has 0 amide bonds. The van der Waals surface area contributed by atoms with Crippen LogP contribution in [0.15, 0.2) is 54.7 Å². The third-order valence-corrected chi connectivity index (χ3v) is 3.39. The summed E-state index contributed by atoms with van der Waals surface area (Å²) in [5, 5.41) is 4.64. The standard InChI is InChI=1S/C17H18N4O/c1-22-15-6-4-5-13(11-15)16-12-14(8-9-18)20-21(16)17-7-2-3-10-19-17/h2-7,10-12H,8-9,18H2,1H3. The molecule has 112 valence electrons. The van der Waals surface area contributed by atoms with Gasteiger partial charge in [0.05, 0.1) is 18.5 Å². The highest BCUT2D eigenvalue weighted by Gasteiger charge is 2.12. The number of benzene rings is 1. The second kappa shape index (κ2) is 6.41. The van der Waals surface area contributed by atoms with E-state index in [-0.39, 0.29) is 0 Å². The lowest BCUT2D eigenvalue weighted by atomic mass is 10.1. The number of rotatable bonds is 5. The summed E-state index contributed by atoms with van der Waals surface area (Å²) in [7, 11) is 1.66. The van der Waals surface area contributed by atoms with E-state index in [9.17, 15) is 0 Å². The van der Waals surface area contributed by atoms with Gasteiger partial charge in [-0.15, -0.1) is 0 Å². The van der Waals surface area contributed by atoms with Crippen molar-refractivity contribution in [2.24, 2.45) is 5.73 Å². The topological polar surface area (TPSA) is 66.0 Å². The first kappa shape index (κ1) is 14.3. The van der Waals surface area contributed by atoms with Gasteiger partial charge in [0.15, 0.2) is 5.82 Å². The summed E-state index contributed by atoms with van der Waals surface area (Å²) >= 11 is 0. The molecular weight excluding hydrogens is 276 g/mol. The third-order valence-electron chi connectivity index (χ3n) is 3.39. The van der Waals surface area contributed by atoms with E-state index in [2.05, 4.69) is 16.1 Å². The summed E-state index contributed by atoms with van der Waals surface area (Å²) in [6, 6.07) is 15.7. The van der Waals surface area contributed by atoms with Crippen LogP contribution in [0.2, 0.25) is 0 Å². The molecule has 0 aliphatic rings. The highest BCUT2D eigenvalue weighted by atomic mass is 16.5. The number of ether oxygens (including phenoxy) is 1. The van der Waals surface area contributed by atoms with Crippen molar-refractivity contribution in [2.45, 2.75) is 6.42 Å². The zero-order chi connectivity index (χ0) is 15.4. The molecule has 3 rings (SSSR count). The predicted octanol–water partition coefficient (Wildman–Crippen LogP) is 2.44. The van der Waals surface area contributed by atoms with Crippen LogP contribution < -0.4 is 10.5 Å². The van der Waals surface area contributed by atoms with Crippen LogP contribution >= 0.6 is 0 Å². The van der Waals surface area contributed by atoms with E-state index in [1.165, 1.54) is 0 Å². The normalized spacial score (nSPS) is 10.6. The Hall–Kier alpha value is -2.66. The molecule has 2 aromatic heterocycles. The number of nitrogens with two attached hydrogens (primary N) is 1. The van der Waals surface area contributed by atoms with E-state index in [0.29, 0.717) is 6.54 Å². The van der Waals surface area contributed by atoms with Gasteiger partial charge in [-0.3, -0.25) is 0 Å². The van der Waals surface area contributed by atoms with Gasteiger partial charge in [0.1, 0.15) is 5.75 Å². The molecular formula is C17H18N4O. The van der Waals surface area contributed by atoms with Crippen molar-refractivity contribution >= 4 is 0 Å². The lowest BCUT2D eigenvalue weighted by Gasteiger charge is -2.07. The Kier molecular flexibility index (Phi) is 4.16. The van der Waals surface area contributed by atoms with Crippen LogP contribution in [0, 0.1) is 0 Å². The Morgan fingerprint density at radius 1 is 1.14 bits per heavy atom. The maximum atomic E-state index is 5.66. The molecule has 5 nitrogen and oxygen atoms in total. The second-order valence-electron chi connectivity index (χ2n) is 4.89. The summed E-state index contributed by atoms with van der Waals surface area (Å²) in [5.74, 6) is 1.59. The van der Waals surface area contributed by atoms with Gasteiger partial charge in [0.25, 0.3) is 0 Å². The average molecular weight is 294 g/mol. The summed E-state index contributed by atoms with van der Waals surface area (Å²) in [4.78, 5) is 4.39. The highest BCUT2D eigenvalue weighted by molar-refractivity contribution is 5.64. The highest BCUT2D eigenvalue weighted by Crippen LogP contribution is 2.26. The molecule has 0 atom stereocenters. The Balaban J connectivity index is 2.12. The van der Waals surface area contributed by atoms with Gasteiger partial charge in [-0.1, -0.05) is 18.2 Å². The molecule has 0 saturated carbocycles. The molecule has 0 fully saturated rings. The predicted molar refractivity (Wildman–Crippen MR) is 86.1 cm³/mol. The van der Waals surface area contributed by atoms with Crippen LogP contribution in [-0.2, 0) is 6.42 Å². The van der Waals surface area contributed by atoms with Gasteiger partial charge < -0.3 is 10.5 Å². The van der Waals surface area contributed by atoms with Crippen molar-refractivity contribution in [3.63, 3.8) is 0 Å². The number of hydrogen-bond acceptors (Lipinski definition) is 4. The van der Waals surface area contributed by atoms with Crippen LogP contribution in [0.3, 0.4) is 0 Å². The van der Waals surface area contributed by atoms with Gasteiger partial charge in [-0.05, 0) is 36.9 Å². The van der Waals surface area contributed by atoms with Gasteiger partial charge in [0.2, 0.25) is 0 Å². The summed E-state index contributed by atoms with van der Waals surface area (Å²) < 4.78 is 7.16. The molecule has 0 saturated heterocycles. The number of aromatic nitrogens is 3. The Bertz CT molecular complexity index is 752. The van der Waals surface area contributed by atoms with Gasteiger partial charge in [-0.2, -0.15) is 5.10 Å². The minimum atomic E-state index is 0.566. The van der Waals surface area contributed by atoms with Gasteiger partial charge >= 0.3 is 0 Å². The molecule has 0 bridgehead atoms. The van der Waals surface area contributed by atoms with Crippen LogP contribution in [0.5, 0.6) is 5.75 Å². The fourth-order valence-electron chi connectivity index (χ4n) is 2.34. The summed E-state index contributed by atoms with van der Waals surface area (Å²) in [6.07, 6.45) is 2.49. The number of nitrogens with zero attached hydrogens (tertiary/aromatic N) is 3. The first-order valence-corrected chi connectivity index (χ1v) is 7.16. The fraction of sp³-hybridized carbons (Fsp3) is 0.176. The van der Waals surface area contributed by atoms with Gasteiger partial charge in [0, 0.05) is 18.2 Å². The molecule has 3 aromatic rings. The number of hydrogen-bond donors (Lipinski definition) is 1. The van der Waals surface area contributed by atoms with Crippen molar-refractivity contribution in [3.05, 3.63) is 60.4 Å². The van der Waals surface area contributed by atoms with Crippen molar-refractivity contribution < 1.29 is 4.74 Å². The van der Waals surface area contributed by atoms with Crippen LogP contribution in [0.1, 0.15) is 5.69 Å². The van der Waals surface area contributed by atoms with Crippen molar-refractivity contribution in [3.8, 4) is 22.8 Å². The molecule has 2 heterocycles. The molecule has 0 radical (unpaired) electrons. The van der Waals surface area contributed by atoms with Crippen LogP contribution in [-0.4, -0.2) is 28.4 Å². The number of methoxy groups -OCH3 is 1. The molecule has 0 aliphatic heterocycles. The van der Waals surface area contributed by atoms with E-state index in [4.69, 9.17) is 10.5 Å². The minimum Gasteiger partial charge on any atom is -0.497 e. The maximum absolute atomic E-state index is 5.66. The molecule has 0 unspecified atom stereocenters. The monoisotopic (exact) mass is 294 g/mol. The SMILES string of the molecule is COc1cccc(-c2cc(CCN)nn2-c2ccccn2)c1. The minimum absolute atomic E-state index is 0.566. The Labute approximate surface area is 129 Å². The molecule has 0 aliphatic carbocycles. The Morgan fingerprint density at radius 3 is 2.77 bits per heavy atom. The summed E-state index contributed by atoms with van der Waals surface area (Å²) in [5.41, 5.74) is 8.61. The molecule has 1 aromatic carbocycles. The number of pyridine rings is 1. The fourth-order valence-corrected chi connectivity index (χ4v) is 2.34.